The first-order valence-corrected chi connectivity index (χ1v) is 11.9. The smallest absolute Gasteiger partial charge is 0.326 e. The van der Waals surface area contributed by atoms with E-state index in [4.69, 9.17) is 16.6 Å². The van der Waals surface area contributed by atoms with Crippen molar-refractivity contribution in [2.45, 2.75) is 83.5 Å². The first-order valence-electron chi connectivity index (χ1n) is 11.9. The zero-order chi connectivity index (χ0) is 27.8. The van der Waals surface area contributed by atoms with Gasteiger partial charge in [0.25, 0.3) is 0 Å². The summed E-state index contributed by atoms with van der Waals surface area (Å²) in [5.41, 5.74) is 10.8. The third-order valence-corrected chi connectivity index (χ3v) is 5.14. The van der Waals surface area contributed by atoms with Crippen molar-refractivity contribution in [2.24, 2.45) is 17.4 Å². The van der Waals surface area contributed by atoms with E-state index in [1.54, 1.807) is 13.8 Å². The molecule has 14 nitrogen and oxygen atoms in total. The Bertz CT molecular complexity index is 776. The monoisotopic (exact) mass is 516 g/mol. The number of carboxylic acid groups (broad SMARTS) is 2. The van der Waals surface area contributed by atoms with Gasteiger partial charge in [-0.2, -0.15) is 0 Å². The molecule has 0 aromatic rings. The van der Waals surface area contributed by atoms with E-state index in [0.29, 0.717) is 19.4 Å². The van der Waals surface area contributed by atoms with Gasteiger partial charge in [0.15, 0.2) is 0 Å². The molecule has 0 spiro atoms. The zero-order valence-corrected chi connectivity index (χ0v) is 21.0. The molecule has 0 aromatic carbocycles. The largest absolute Gasteiger partial charge is 0.481 e. The maximum atomic E-state index is 12.7. The van der Waals surface area contributed by atoms with Gasteiger partial charge in [-0.05, 0) is 51.5 Å². The lowest BCUT2D eigenvalue weighted by Gasteiger charge is -2.25. The van der Waals surface area contributed by atoms with Crippen LogP contribution in [0.25, 0.3) is 0 Å². The van der Waals surface area contributed by atoms with Gasteiger partial charge in [-0.3, -0.25) is 24.0 Å². The molecule has 0 saturated carbocycles. The van der Waals surface area contributed by atoms with Crippen LogP contribution in [0.5, 0.6) is 0 Å². The molecule has 10 N–H and O–H groups in total. The Morgan fingerprint density at radius 3 is 1.81 bits per heavy atom. The highest BCUT2D eigenvalue weighted by atomic mass is 16.4. The summed E-state index contributed by atoms with van der Waals surface area (Å²) >= 11 is 0. The lowest BCUT2D eigenvalue weighted by Crippen LogP contribution is -2.57. The summed E-state index contributed by atoms with van der Waals surface area (Å²) in [5, 5.41) is 27.8. The predicted molar refractivity (Wildman–Crippen MR) is 129 cm³/mol. The van der Waals surface area contributed by atoms with E-state index in [1.807, 2.05) is 0 Å². The van der Waals surface area contributed by atoms with Gasteiger partial charge in [0, 0.05) is 6.42 Å². The Labute approximate surface area is 210 Å². The molecule has 0 bridgehead atoms. The van der Waals surface area contributed by atoms with Gasteiger partial charge >= 0.3 is 11.9 Å². The van der Waals surface area contributed by atoms with E-state index in [0.717, 1.165) is 0 Å². The van der Waals surface area contributed by atoms with Gasteiger partial charge in [-0.15, -0.1) is 0 Å². The molecule has 0 radical (unpaired) electrons. The van der Waals surface area contributed by atoms with Gasteiger partial charge in [0.2, 0.25) is 23.6 Å². The number of nitrogens with two attached hydrogens (primary N) is 2. The van der Waals surface area contributed by atoms with Gasteiger partial charge in [-0.1, -0.05) is 13.8 Å². The fourth-order valence-electron chi connectivity index (χ4n) is 3.19. The zero-order valence-electron chi connectivity index (χ0n) is 21.0. The molecular weight excluding hydrogens is 476 g/mol. The molecule has 36 heavy (non-hydrogen) atoms. The minimum Gasteiger partial charge on any atom is -0.481 e. The number of carbonyl (C=O) groups is 6. The second kappa shape index (κ2) is 17.2. The van der Waals surface area contributed by atoms with Gasteiger partial charge in [-0.25, -0.2) is 4.79 Å². The van der Waals surface area contributed by atoms with Crippen molar-refractivity contribution >= 4 is 35.6 Å². The van der Waals surface area contributed by atoms with E-state index < -0.39 is 66.2 Å². The number of hydrogen-bond donors (Lipinski definition) is 8. The van der Waals surface area contributed by atoms with Crippen molar-refractivity contribution in [3.05, 3.63) is 0 Å². The Morgan fingerprint density at radius 1 is 0.722 bits per heavy atom. The normalized spacial score (nSPS) is 14.2. The molecule has 14 heteroatoms. The summed E-state index contributed by atoms with van der Waals surface area (Å²) in [4.78, 5) is 72.0. The van der Waals surface area contributed by atoms with Crippen LogP contribution in [0.4, 0.5) is 0 Å². The lowest BCUT2D eigenvalue weighted by atomic mass is 10.0. The number of carboxylic acids is 2. The van der Waals surface area contributed by atoms with E-state index in [-0.39, 0.29) is 31.7 Å². The van der Waals surface area contributed by atoms with Crippen LogP contribution >= 0.6 is 0 Å². The van der Waals surface area contributed by atoms with Gasteiger partial charge < -0.3 is 42.9 Å². The molecule has 0 heterocycles. The summed E-state index contributed by atoms with van der Waals surface area (Å²) in [7, 11) is 0. The van der Waals surface area contributed by atoms with Crippen molar-refractivity contribution in [1.29, 1.82) is 0 Å². The predicted octanol–water partition coefficient (Wildman–Crippen LogP) is -1.97. The third kappa shape index (κ3) is 13.6. The Kier molecular flexibility index (Phi) is 15.7. The quantitative estimate of drug-likeness (QED) is 0.0934. The molecule has 4 atom stereocenters. The Morgan fingerprint density at radius 2 is 1.31 bits per heavy atom. The van der Waals surface area contributed by atoms with Crippen LogP contribution in [0.3, 0.4) is 0 Å². The first-order chi connectivity index (χ1) is 16.8. The number of rotatable bonds is 18. The van der Waals surface area contributed by atoms with Crippen LogP contribution < -0.4 is 32.7 Å². The van der Waals surface area contributed by atoms with Crippen molar-refractivity contribution in [3.8, 4) is 0 Å². The molecule has 0 rings (SSSR count). The Hall–Kier alpha value is -3.26. The van der Waals surface area contributed by atoms with E-state index in [1.165, 1.54) is 6.92 Å². The number of aliphatic carboxylic acids is 2. The van der Waals surface area contributed by atoms with Crippen LogP contribution in [-0.2, 0) is 28.8 Å². The minimum atomic E-state index is -1.45. The van der Waals surface area contributed by atoms with Crippen LogP contribution in [-0.4, -0.2) is 83.0 Å². The van der Waals surface area contributed by atoms with Crippen molar-refractivity contribution in [2.75, 3.05) is 13.1 Å². The average Bonchev–Trinajstić information content (AvgIpc) is 2.79. The number of hydrogen-bond acceptors (Lipinski definition) is 8. The lowest BCUT2D eigenvalue weighted by molar-refractivity contribution is -0.143. The fourth-order valence-corrected chi connectivity index (χ4v) is 3.19. The molecule has 0 aliphatic rings. The summed E-state index contributed by atoms with van der Waals surface area (Å²) in [6, 6.07) is -4.59. The van der Waals surface area contributed by atoms with E-state index >= 15 is 0 Å². The van der Waals surface area contributed by atoms with Crippen molar-refractivity contribution in [1.82, 2.24) is 21.3 Å². The van der Waals surface area contributed by atoms with Crippen LogP contribution in [0.1, 0.15) is 59.3 Å². The number of nitrogens with one attached hydrogen (secondary N) is 4. The molecule has 0 unspecified atom stereocenters. The highest BCUT2D eigenvalue weighted by molar-refractivity contribution is 5.95. The van der Waals surface area contributed by atoms with Gasteiger partial charge in [0.1, 0.15) is 24.2 Å². The summed E-state index contributed by atoms with van der Waals surface area (Å²) in [5.74, 6) is -5.32. The SMILES string of the molecule is CC(C)C[C@H](NC(=O)[C@H](C)NC(=O)[C@H](CCCCN)NC(=O)CN)C(=O)N[C@@H](CCC(=O)O)C(=O)O. The van der Waals surface area contributed by atoms with Gasteiger partial charge in [0.05, 0.1) is 6.54 Å². The second-order valence-electron chi connectivity index (χ2n) is 8.86. The summed E-state index contributed by atoms with van der Waals surface area (Å²) < 4.78 is 0. The third-order valence-electron chi connectivity index (χ3n) is 5.14. The molecule has 4 amide bonds. The van der Waals surface area contributed by atoms with E-state index in [2.05, 4.69) is 21.3 Å². The maximum absolute atomic E-state index is 12.7. The van der Waals surface area contributed by atoms with Crippen molar-refractivity contribution < 1.29 is 39.0 Å². The molecule has 0 aromatic heterocycles. The number of carbonyl (C=O) groups excluding carboxylic acids is 4. The standard InChI is InChI=1S/C22H40N6O8/c1-12(2)10-16(21(34)27-15(22(35)36)7-8-18(30)31)28-19(32)13(3)25-20(33)14(6-4-5-9-23)26-17(29)11-24/h12-16H,4-11,23-24H2,1-3H3,(H,25,33)(H,26,29)(H,27,34)(H,28,32)(H,30,31)(H,35,36)/t13-,14-,15-,16-/m0/s1. The molecule has 0 fully saturated rings. The maximum Gasteiger partial charge on any atom is 0.326 e. The molecule has 206 valence electrons. The summed E-state index contributed by atoms with van der Waals surface area (Å²) in [6.45, 7) is 5.08. The fraction of sp³-hybridized carbons (Fsp3) is 0.727. The highest BCUT2D eigenvalue weighted by Gasteiger charge is 2.30. The van der Waals surface area contributed by atoms with E-state index in [9.17, 15) is 33.9 Å². The molecule has 0 aliphatic heterocycles. The molecular formula is C22H40N6O8. The first kappa shape index (κ1) is 32.7. The Balaban J connectivity index is 5.30. The van der Waals surface area contributed by atoms with Crippen LogP contribution in [0.2, 0.25) is 0 Å². The van der Waals surface area contributed by atoms with Crippen LogP contribution in [0, 0.1) is 5.92 Å². The van der Waals surface area contributed by atoms with Crippen LogP contribution in [0.15, 0.2) is 0 Å². The summed E-state index contributed by atoms with van der Waals surface area (Å²) in [6.07, 6.45) is 0.851. The minimum absolute atomic E-state index is 0.0633. The topological polar surface area (TPSA) is 243 Å². The average molecular weight is 517 g/mol. The highest BCUT2D eigenvalue weighted by Crippen LogP contribution is 2.08. The van der Waals surface area contributed by atoms with Crippen molar-refractivity contribution in [3.63, 3.8) is 0 Å². The molecule has 0 aliphatic carbocycles. The molecule has 0 saturated heterocycles. The number of amides is 4. The second-order valence-corrected chi connectivity index (χ2v) is 8.86. The number of unbranched alkanes of at least 4 members (excludes halogenated alkanes) is 1.